The van der Waals surface area contributed by atoms with E-state index in [0.29, 0.717) is 5.56 Å². The zero-order chi connectivity index (χ0) is 14.1. The Morgan fingerprint density at radius 1 is 0.800 bits per heavy atom. The fourth-order valence-electron chi connectivity index (χ4n) is 2.44. The highest BCUT2D eigenvalue weighted by atomic mass is 16.1. The summed E-state index contributed by atoms with van der Waals surface area (Å²) >= 11 is 0. The molecule has 20 heavy (non-hydrogen) atoms. The molecule has 98 valence electrons. The van der Waals surface area contributed by atoms with Gasteiger partial charge in [-0.3, -0.25) is 9.59 Å². The summed E-state index contributed by atoms with van der Waals surface area (Å²) in [5, 5.41) is 4.46. The van der Waals surface area contributed by atoms with Gasteiger partial charge in [-0.25, -0.2) is 0 Å². The van der Waals surface area contributed by atoms with Gasteiger partial charge in [0, 0.05) is 5.56 Å². The van der Waals surface area contributed by atoms with Crippen molar-refractivity contribution in [3.05, 3.63) is 60.2 Å². The van der Waals surface area contributed by atoms with Crippen molar-refractivity contribution >= 4 is 33.1 Å². The van der Waals surface area contributed by atoms with Crippen molar-refractivity contribution in [1.82, 2.24) is 0 Å². The number of hydrogen-bond donors (Lipinski definition) is 0. The summed E-state index contributed by atoms with van der Waals surface area (Å²) in [6.45, 7) is 1.44. The molecule has 0 radical (unpaired) electrons. The van der Waals surface area contributed by atoms with Crippen LogP contribution in [0.5, 0.6) is 0 Å². The lowest BCUT2D eigenvalue weighted by Gasteiger charge is -2.05. The van der Waals surface area contributed by atoms with Crippen LogP contribution in [0.3, 0.4) is 0 Å². The predicted octanol–water partition coefficient (Wildman–Crippen LogP) is 4.15. The Hall–Kier alpha value is -2.48. The average molecular weight is 262 g/mol. The van der Waals surface area contributed by atoms with Crippen LogP contribution in [0.25, 0.3) is 21.5 Å². The van der Waals surface area contributed by atoms with Crippen molar-refractivity contribution in [2.24, 2.45) is 0 Å². The van der Waals surface area contributed by atoms with E-state index in [1.165, 1.54) is 12.3 Å². The number of fused-ring (bicyclic) bond motifs is 2. The van der Waals surface area contributed by atoms with Crippen molar-refractivity contribution in [2.45, 2.75) is 13.3 Å². The van der Waals surface area contributed by atoms with Crippen molar-refractivity contribution in [2.75, 3.05) is 0 Å². The molecule has 0 aliphatic heterocycles. The van der Waals surface area contributed by atoms with E-state index in [-0.39, 0.29) is 18.0 Å². The Kier molecular flexibility index (Phi) is 3.07. The number of benzene rings is 3. The van der Waals surface area contributed by atoms with E-state index in [0.717, 1.165) is 16.2 Å². The standard InChI is InChI=1S/C18H14O2/c1-12(19)8-18(20)16-7-6-15-9-13-4-2-3-5-14(13)10-17(15)11-16/h2-7,9-11H,8H2,1H3. The predicted molar refractivity (Wildman–Crippen MR) is 81.1 cm³/mol. The number of rotatable bonds is 3. The highest BCUT2D eigenvalue weighted by molar-refractivity contribution is 6.09. The maximum absolute atomic E-state index is 11.9. The van der Waals surface area contributed by atoms with Crippen molar-refractivity contribution in [3.8, 4) is 0 Å². The molecule has 2 heteroatoms. The lowest BCUT2D eigenvalue weighted by molar-refractivity contribution is -0.116. The topological polar surface area (TPSA) is 34.1 Å². The molecule has 0 N–H and O–H groups in total. The van der Waals surface area contributed by atoms with E-state index in [9.17, 15) is 9.59 Å². The molecular formula is C18H14O2. The van der Waals surface area contributed by atoms with E-state index < -0.39 is 0 Å². The fourth-order valence-corrected chi connectivity index (χ4v) is 2.44. The van der Waals surface area contributed by atoms with E-state index in [1.54, 1.807) is 6.07 Å². The lowest BCUT2D eigenvalue weighted by Crippen LogP contribution is -2.04. The smallest absolute Gasteiger partial charge is 0.170 e. The molecule has 0 aliphatic carbocycles. The molecule has 0 bridgehead atoms. The first kappa shape index (κ1) is 12.5. The van der Waals surface area contributed by atoms with Gasteiger partial charge >= 0.3 is 0 Å². The molecular weight excluding hydrogens is 248 g/mol. The second-order valence-corrected chi connectivity index (χ2v) is 5.06. The van der Waals surface area contributed by atoms with Crippen molar-refractivity contribution in [3.63, 3.8) is 0 Å². The first-order valence-corrected chi connectivity index (χ1v) is 6.59. The van der Waals surface area contributed by atoms with Gasteiger partial charge in [0.2, 0.25) is 0 Å². The summed E-state index contributed by atoms with van der Waals surface area (Å²) in [5.74, 6) is -0.221. The Bertz CT molecular complexity index is 831. The summed E-state index contributed by atoms with van der Waals surface area (Å²) in [6.07, 6.45) is -0.0287. The van der Waals surface area contributed by atoms with Gasteiger partial charge < -0.3 is 0 Å². The molecule has 0 aliphatic rings. The maximum Gasteiger partial charge on any atom is 0.170 e. The van der Waals surface area contributed by atoms with Crippen LogP contribution in [0.15, 0.2) is 54.6 Å². The van der Waals surface area contributed by atoms with Gasteiger partial charge in [0.15, 0.2) is 5.78 Å². The first-order valence-electron chi connectivity index (χ1n) is 6.59. The Balaban J connectivity index is 2.12. The van der Waals surface area contributed by atoms with Gasteiger partial charge in [-0.2, -0.15) is 0 Å². The third-order valence-corrected chi connectivity index (χ3v) is 3.44. The molecule has 3 aromatic rings. The molecule has 0 saturated heterocycles. The van der Waals surface area contributed by atoms with Crippen LogP contribution in [0, 0.1) is 0 Å². The lowest BCUT2D eigenvalue weighted by atomic mass is 9.99. The highest BCUT2D eigenvalue weighted by Gasteiger charge is 2.09. The van der Waals surface area contributed by atoms with E-state index in [2.05, 4.69) is 24.3 Å². The second kappa shape index (κ2) is 4.89. The molecule has 0 fully saturated rings. The molecule has 0 heterocycles. The largest absolute Gasteiger partial charge is 0.300 e. The molecule has 0 spiro atoms. The van der Waals surface area contributed by atoms with Crippen LogP contribution in [0.2, 0.25) is 0 Å². The number of hydrogen-bond acceptors (Lipinski definition) is 2. The third-order valence-electron chi connectivity index (χ3n) is 3.44. The Labute approximate surface area is 117 Å². The average Bonchev–Trinajstić information content (AvgIpc) is 2.43. The zero-order valence-electron chi connectivity index (χ0n) is 11.2. The summed E-state index contributed by atoms with van der Waals surface area (Å²) < 4.78 is 0. The van der Waals surface area contributed by atoms with Gasteiger partial charge in [0.05, 0.1) is 6.42 Å². The van der Waals surface area contributed by atoms with E-state index in [1.807, 2.05) is 24.3 Å². The Morgan fingerprint density at radius 3 is 2.05 bits per heavy atom. The van der Waals surface area contributed by atoms with Crippen LogP contribution < -0.4 is 0 Å². The maximum atomic E-state index is 11.9. The number of carbonyl (C=O) groups is 2. The molecule has 0 aromatic heterocycles. The summed E-state index contributed by atoms with van der Waals surface area (Å²) in [4.78, 5) is 23.0. The number of Topliss-reactive ketones (excluding diaryl/α,β-unsaturated/α-hetero) is 2. The fraction of sp³-hybridized carbons (Fsp3) is 0.111. The van der Waals surface area contributed by atoms with Gasteiger partial charge in [-0.15, -0.1) is 0 Å². The zero-order valence-corrected chi connectivity index (χ0v) is 11.2. The summed E-state index contributed by atoms with van der Waals surface area (Å²) in [6, 6.07) is 17.9. The highest BCUT2D eigenvalue weighted by Crippen LogP contribution is 2.24. The monoisotopic (exact) mass is 262 g/mol. The molecule has 0 saturated carbocycles. The van der Waals surface area contributed by atoms with E-state index in [4.69, 9.17) is 0 Å². The molecule has 0 unspecified atom stereocenters. The molecule has 0 amide bonds. The summed E-state index contributed by atoms with van der Waals surface area (Å²) in [7, 11) is 0. The molecule has 3 rings (SSSR count). The molecule has 3 aromatic carbocycles. The number of carbonyl (C=O) groups excluding carboxylic acids is 2. The number of ketones is 2. The SMILES string of the molecule is CC(=O)CC(=O)c1ccc2cc3ccccc3cc2c1. The van der Waals surface area contributed by atoms with Crippen molar-refractivity contribution in [1.29, 1.82) is 0 Å². The van der Waals surface area contributed by atoms with Crippen LogP contribution in [0.4, 0.5) is 0 Å². The van der Waals surface area contributed by atoms with Gasteiger partial charge in [0.1, 0.15) is 5.78 Å². The second-order valence-electron chi connectivity index (χ2n) is 5.06. The van der Waals surface area contributed by atoms with Gasteiger partial charge in [-0.05, 0) is 46.7 Å². The minimum Gasteiger partial charge on any atom is -0.300 e. The van der Waals surface area contributed by atoms with Crippen LogP contribution >= 0.6 is 0 Å². The van der Waals surface area contributed by atoms with Gasteiger partial charge in [0.25, 0.3) is 0 Å². The minimum absolute atomic E-state index is 0.0287. The molecule has 0 atom stereocenters. The van der Waals surface area contributed by atoms with Crippen molar-refractivity contribution < 1.29 is 9.59 Å². The van der Waals surface area contributed by atoms with Crippen LogP contribution in [0.1, 0.15) is 23.7 Å². The third kappa shape index (κ3) is 2.32. The normalized spacial score (nSPS) is 10.8. The Morgan fingerprint density at radius 2 is 1.40 bits per heavy atom. The van der Waals surface area contributed by atoms with E-state index >= 15 is 0 Å². The van der Waals surface area contributed by atoms with Crippen LogP contribution in [-0.2, 0) is 4.79 Å². The summed E-state index contributed by atoms with van der Waals surface area (Å²) in [5.41, 5.74) is 0.600. The minimum atomic E-state index is -0.118. The quantitative estimate of drug-likeness (QED) is 0.403. The molecule has 2 nitrogen and oxygen atoms in total. The van der Waals surface area contributed by atoms with Crippen LogP contribution in [-0.4, -0.2) is 11.6 Å². The first-order chi connectivity index (χ1) is 9.63. The van der Waals surface area contributed by atoms with Gasteiger partial charge in [-0.1, -0.05) is 36.4 Å².